The number of carbonyl (C=O) groups excluding carboxylic acids is 2. The second kappa shape index (κ2) is 7.91. The first kappa shape index (κ1) is 20.1. The topological polar surface area (TPSA) is 98.5 Å². The minimum Gasteiger partial charge on any atom is -0.511 e. The largest absolute Gasteiger partial charge is 0.511 e. The van der Waals surface area contributed by atoms with E-state index in [-0.39, 0.29) is 24.2 Å². The molecule has 1 unspecified atom stereocenters. The molecule has 0 radical (unpaired) electrons. The van der Waals surface area contributed by atoms with Crippen molar-refractivity contribution >= 4 is 29.2 Å². The molecule has 8 heteroatoms. The molecule has 7 nitrogen and oxygen atoms in total. The molecule has 1 aromatic heterocycles. The van der Waals surface area contributed by atoms with Gasteiger partial charge in [-0.05, 0) is 43.2 Å². The van der Waals surface area contributed by atoms with Crippen molar-refractivity contribution < 1.29 is 19.4 Å². The molecular weight excluding hydrogens is 408 g/mol. The summed E-state index contributed by atoms with van der Waals surface area (Å²) in [5, 5.41) is 9.61. The number of Topliss-reactive ketones (excluding diaryl/α,β-unsaturated/α-hetero) is 2. The molecule has 2 aliphatic carbocycles. The lowest BCUT2D eigenvalue weighted by Gasteiger charge is -2.21. The number of nitrogens with zero attached hydrogens (tertiary/aromatic N) is 2. The highest BCUT2D eigenvalue weighted by atomic mass is 35.5. The minimum atomic E-state index is -0.870. The number of alkyl halides is 1. The van der Waals surface area contributed by atoms with E-state index in [4.69, 9.17) is 16.3 Å². The van der Waals surface area contributed by atoms with Crippen LogP contribution in [0.4, 0.5) is 0 Å². The molecule has 1 N–H and O–H groups in total. The first-order valence-corrected chi connectivity index (χ1v) is 9.98. The molecule has 0 amide bonds. The van der Waals surface area contributed by atoms with E-state index >= 15 is 0 Å². The van der Waals surface area contributed by atoms with E-state index in [9.17, 15) is 19.5 Å². The lowest BCUT2D eigenvalue weighted by molar-refractivity contribution is -0.116. The van der Waals surface area contributed by atoms with Gasteiger partial charge in [-0.1, -0.05) is 6.08 Å². The van der Waals surface area contributed by atoms with Crippen LogP contribution in [-0.2, 0) is 4.79 Å². The Hall–Kier alpha value is -3.19. The maximum Gasteiger partial charge on any atom is 0.285 e. The number of methoxy groups -OCH3 is 1. The summed E-state index contributed by atoms with van der Waals surface area (Å²) in [5.74, 6) is -1.04. The summed E-state index contributed by atoms with van der Waals surface area (Å²) in [7, 11) is 1.54. The fourth-order valence-corrected chi connectivity index (χ4v) is 3.96. The van der Waals surface area contributed by atoms with Gasteiger partial charge in [-0.3, -0.25) is 19.0 Å². The second-order valence-corrected chi connectivity index (χ2v) is 7.63. The number of ether oxygens (including phenoxy) is 1. The third-order valence-electron chi connectivity index (χ3n) is 5.21. The molecule has 0 bridgehead atoms. The first-order valence-electron chi connectivity index (χ1n) is 9.54. The van der Waals surface area contributed by atoms with Crippen LogP contribution in [0.15, 0.2) is 46.5 Å². The molecule has 0 aliphatic heterocycles. The lowest BCUT2D eigenvalue weighted by Crippen LogP contribution is -2.33. The maximum absolute atomic E-state index is 13.4. The number of hydrogen-bond donors (Lipinski definition) is 1. The maximum atomic E-state index is 13.4. The van der Waals surface area contributed by atoms with Crippen LogP contribution < -0.4 is 10.3 Å². The van der Waals surface area contributed by atoms with E-state index in [1.54, 1.807) is 30.3 Å². The number of hydrogen-bond acceptors (Lipinski definition) is 6. The van der Waals surface area contributed by atoms with Crippen LogP contribution in [0.25, 0.3) is 11.8 Å². The number of fused-ring (bicyclic) bond motifs is 1. The highest BCUT2D eigenvalue weighted by Gasteiger charge is 2.32. The zero-order chi connectivity index (χ0) is 21.4. The number of allylic oxidation sites excluding steroid dienone is 3. The Kier molecular flexibility index (Phi) is 5.30. The van der Waals surface area contributed by atoms with Crippen molar-refractivity contribution in [1.29, 1.82) is 0 Å². The van der Waals surface area contributed by atoms with Gasteiger partial charge in [0.25, 0.3) is 5.56 Å². The Balaban J connectivity index is 1.96. The Morgan fingerprint density at radius 1 is 1.23 bits per heavy atom. The molecule has 4 rings (SSSR count). The number of halogens is 1. The van der Waals surface area contributed by atoms with E-state index in [0.29, 0.717) is 35.7 Å². The Morgan fingerprint density at radius 3 is 2.63 bits per heavy atom. The van der Waals surface area contributed by atoms with Crippen molar-refractivity contribution in [3.05, 3.63) is 69.1 Å². The van der Waals surface area contributed by atoms with Crippen molar-refractivity contribution in [2.75, 3.05) is 7.11 Å². The highest BCUT2D eigenvalue weighted by molar-refractivity contribution is 6.26. The standard InChI is InChI=1S/C22H19ClN2O5/c1-30-13-10-8-12(9-11-13)25-15-5-2-4-14(23)19(15)24-20(22(25)29)21(28)18-16(26)6-3-7-17(18)27/h2,5,8-11,14,26H,3-4,6-7H2,1H3. The number of ketones is 2. The van der Waals surface area contributed by atoms with Gasteiger partial charge in [0.2, 0.25) is 5.78 Å². The summed E-state index contributed by atoms with van der Waals surface area (Å²) in [6, 6.07) is 6.76. The van der Waals surface area contributed by atoms with Crippen molar-refractivity contribution in [2.24, 2.45) is 0 Å². The number of aliphatic hydroxyl groups is 1. The lowest BCUT2D eigenvalue weighted by atomic mass is 9.92. The highest BCUT2D eigenvalue weighted by Crippen LogP contribution is 2.32. The third-order valence-corrected chi connectivity index (χ3v) is 5.60. The van der Waals surface area contributed by atoms with Crippen LogP contribution in [0.3, 0.4) is 0 Å². The van der Waals surface area contributed by atoms with E-state index in [1.165, 1.54) is 11.7 Å². The summed E-state index contributed by atoms with van der Waals surface area (Å²) < 4.78 is 6.52. The van der Waals surface area contributed by atoms with Gasteiger partial charge in [0.05, 0.1) is 23.9 Å². The molecule has 0 saturated heterocycles. The summed E-state index contributed by atoms with van der Waals surface area (Å²) >= 11 is 6.44. The summed E-state index contributed by atoms with van der Waals surface area (Å²) in [5.41, 5.74) is -0.121. The molecule has 0 spiro atoms. The van der Waals surface area contributed by atoms with Crippen LogP contribution >= 0.6 is 11.6 Å². The number of carbonyl (C=O) groups is 2. The van der Waals surface area contributed by atoms with Crippen LogP contribution in [-0.4, -0.2) is 33.3 Å². The molecule has 154 valence electrons. The van der Waals surface area contributed by atoms with Gasteiger partial charge in [0, 0.05) is 18.5 Å². The predicted octanol–water partition coefficient (Wildman–Crippen LogP) is 3.69. The van der Waals surface area contributed by atoms with Crippen molar-refractivity contribution in [2.45, 2.75) is 31.1 Å². The zero-order valence-electron chi connectivity index (χ0n) is 16.2. The molecule has 2 aliphatic rings. The normalized spacial score (nSPS) is 18.3. The first-order chi connectivity index (χ1) is 14.4. The van der Waals surface area contributed by atoms with Crippen LogP contribution in [0.1, 0.15) is 52.9 Å². The second-order valence-electron chi connectivity index (χ2n) is 7.10. The zero-order valence-corrected chi connectivity index (χ0v) is 17.0. The van der Waals surface area contributed by atoms with E-state index in [1.807, 2.05) is 6.08 Å². The van der Waals surface area contributed by atoms with Gasteiger partial charge in [-0.2, -0.15) is 0 Å². The van der Waals surface area contributed by atoms with Gasteiger partial charge in [0.15, 0.2) is 11.5 Å². The molecule has 1 atom stereocenters. The van der Waals surface area contributed by atoms with E-state index < -0.39 is 28.2 Å². The monoisotopic (exact) mass is 426 g/mol. The molecule has 0 fully saturated rings. The van der Waals surface area contributed by atoms with Gasteiger partial charge in [0.1, 0.15) is 17.1 Å². The molecule has 0 saturated carbocycles. The van der Waals surface area contributed by atoms with Gasteiger partial charge in [-0.15, -0.1) is 11.6 Å². The molecule has 30 heavy (non-hydrogen) atoms. The molecular formula is C22H19ClN2O5. The van der Waals surface area contributed by atoms with Gasteiger partial charge >= 0.3 is 0 Å². The average Bonchev–Trinajstić information content (AvgIpc) is 2.73. The van der Waals surface area contributed by atoms with E-state index in [0.717, 1.165) is 0 Å². The van der Waals surface area contributed by atoms with Crippen LogP contribution in [0.2, 0.25) is 0 Å². The molecule has 1 aromatic carbocycles. The van der Waals surface area contributed by atoms with Gasteiger partial charge < -0.3 is 9.84 Å². The number of rotatable bonds is 4. The number of aromatic nitrogens is 2. The quantitative estimate of drug-likeness (QED) is 0.455. The third kappa shape index (κ3) is 3.35. The van der Waals surface area contributed by atoms with Crippen LogP contribution in [0.5, 0.6) is 5.75 Å². The van der Waals surface area contributed by atoms with Crippen molar-refractivity contribution in [3.8, 4) is 11.4 Å². The SMILES string of the molecule is COc1ccc(-n2c3c(nc(C(=O)C4=C(O)CCCC4=O)c2=O)C(Cl)CC=C3)cc1. The fourth-order valence-electron chi connectivity index (χ4n) is 3.70. The summed E-state index contributed by atoms with van der Waals surface area (Å²) in [6.45, 7) is 0. The fraction of sp³-hybridized carbons (Fsp3) is 0.273. The summed E-state index contributed by atoms with van der Waals surface area (Å²) in [4.78, 5) is 43.0. The number of aliphatic hydroxyl groups excluding tert-OH is 1. The molecule has 2 aromatic rings. The molecule has 1 heterocycles. The van der Waals surface area contributed by atoms with Crippen LogP contribution in [0, 0.1) is 0 Å². The Morgan fingerprint density at radius 2 is 1.97 bits per heavy atom. The number of benzene rings is 1. The van der Waals surface area contributed by atoms with Crippen molar-refractivity contribution in [1.82, 2.24) is 9.55 Å². The summed E-state index contributed by atoms with van der Waals surface area (Å²) in [6.07, 6.45) is 4.88. The average molecular weight is 427 g/mol. The minimum absolute atomic E-state index is 0.142. The van der Waals surface area contributed by atoms with Gasteiger partial charge in [-0.25, -0.2) is 4.98 Å². The smallest absolute Gasteiger partial charge is 0.285 e. The Labute approximate surface area is 177 Å². The Bertz CT molecular complexity index is 1160. The van der Waals surface area contributed by atoms with Crippen molar-refractivity contribution in [3.63, 3.8) is 0 Å². The predicted molar refractivity (Wildman–Crippen MR) is 111 cm³/mol. The van der Waals surface area contributed by atoms with E-state index in [2.05, 4.69) is 4.98 Å².